The van der Waals surface area contributed by atoms with E-state index in [2.05, 4.69) is 29.4 Å². The third kappa shape index (κ3) is 4.77. The molecule has 1 aromatic heterocycles. The summed E-state index contributed by atoms with van der Waals surface area (Å²) in [6.45, 7) is 4.60. The molecule has 7 nitrogen and oxygen atoms in total. The minimum absolute atomic E-state index is 0.128. The van der Waals surface area contributed by atoms with Crippen LogP contribution in [0.25, 0.3) is 0 Å². The third-order valence-electron chi connectivity index (χ3n) is 4.10. The molecule has 0 aliphatic carbocycles. The number of halogens is 1. The van der Waals surface area contributed by atoms with E-state index < -0.39 is 15.9 Å². The van der Waals surface area contributed by atoms with E-state index in [0.29, 0.717) is 29.7 Å². The summed E-state index contributed by atoms with van der Waals surface area (Å²) in [5.74, 6) is 0.178. The Morgan fingerprint density at radius 1 is 1.33 bits per heavy atom. The van der Waals surface area contributed by atoms with Gasteiger partial charge in [0, 0.05) is 13.0 Å². The molecule has 1 aliphatic heterocycles. The zero-order chi connectivity index (χ0) is 19.6. The van der Waals surface area contributed by atoms with Crippen LogP contribution in [-0.4, -0.2) is 36.8 Å². The minimum atomic E-state index is -3.32. The number of nitrogens with one attached hydrogen (secondary N) is 1. The SMILES string of the molecule is CC(C)Cc1nnc(NC(=O)c2ccc(N3CCCCS3(=O)=O)cc2Cl)s1. The Hall–Kier alpha value is -1.71. The molecule has 0 bridgehead atoms. The summed E-state index contributed by atoms with van der Waals surface area (Å²) in [6, 6.07) is 4.66. The van der Waals surface area contributed by atoms with Crippen molar-refractivity contribution >= 4 is 49.7 Å². The van der Waals surface area contributed by atoms with Gasteiger partial charge in [-0.3, -0.25) is 14.4 Å². The van der Waals surface area contributed by atoms with Gasteiger partial charge in [0.15, 0.2) is 0 Å². The lowest BCUT2D eigenvalue weighted by Gasteiger charge is -2.28. The van der Waals surface area contributed by atoms with Crippen molar-refractivity contribution in [2.75, 3.05) is 21.9 Å². The number of hydrogen-bond donors (Lipinski definition) is 1. The highest BCUT2D eigenvalue weighted by atomic mass is 35.5. The van der Waals surface area contributed by atoms with Gasteiger partial charge in [-0.1, -0.05) is 36.8 Å². The van der Waals surface area contributed by atoms with Gasteiger partial charge < -0.3 is 0 Å². The van der Waals surface area contributed by atoms with Gasteiger partial charge in [0.25, 0.3) is 5.91 Å². The maximum atomic E-state index is 12.5. The average Bonchev–Trinajstić information content (AvgIpc) is 3.00. The first-order valence-corrected chi connectivity index (χ1v) is 11.5. The van der Waals surface area contributed by atoms with E-state index in [1.165, 1.54) is 27.8 Å². The fraction of sp³-hybridized carbons (Fsp3) is 0.471. The van der Waals surface area contributed by atoms with Gasteiger partial charge in [-0.25, -0.2) is 8.42 Å². The molecule has 1 fully saturated rings. The number of hydrogen-bond acceptors (Lipinski definition) is 6. The molecule has 1 saturated heterocycles. The molecule has 0 atom stereocenters. The summed E-state index contributed by atoms with van der Waals surface area (Å²) in [4.78, 5) is 12.5. The van der Waals surface area contributed by atoms with Crippen LogP contribution in [-0.2, 0) is 16.4 Å². The van der Waals surface area contributed by atoms with E-state index >= 15 is 0 Å². The van der Waals surface area contributed by atoms with Gasteiger partial charge in [-0.05, 0) is 37.0 Å². The topological polar surface area (TPSA) is 92.3 Å². The number of nitrogens with zero attached hydrogens (tertiary/aromatic N) is 3. The van der Waals surface area contributed by atoms with E-state index in [9.17, 15) is 13.2 Å². The monoisotopic (exact) mass is 428 g/mol. The zero-order valence-electron chi connectivity index (χ0n) is 15.1. The maximum absolute atomic E-state index is 12.5. The second-order valence-electron chi connectivity index (χ2n) is 6.81. The van der Waals surface area contributed by atoms with Crippen molar-refractivity contribution in [3.8, 4) is 0 Å². The summed E-state index contributed by atoms with van der Waals surface area (Å²) in [5, 5.41) is 12.2. The van der Waals surface area contributed by atoms with Crippen LogP contribution in [0.1, 0.15) is 42.1 Å². The maximum Gasteiger partial charge on any atom is 0.259 e. The van der Waals surface area contributed by atoms with E-state index in [0.717, 1.165) is 17.8 Å². The highest BCUT2D eigenvalue weighted by molar-refractivity contribution is 7.92. The Morgan fingerprint density at radius 2 is 2.11 bits per heavy atom. The highest BCUT2D eigenvalue weighted by Gasteiger charge is 2.27. The Morgan fingerprint density at radius 3 is 2.78 bits per heavy atom. The Kier molecular flexibility index (Phi) is 6.02. The van der Waals surface area contributed by atoms with Crippen LogP contribution in [0.5, 0.6) is 0 Å². The highest BCUT2D eigenvalue weighted by Crippen LogP contribution is 2.29. The number of anilines is 2. The van der Waals surface area contributed by atoms with Crippen molar-refractivity contribution in [2.45, 2.75) is 33.1 Å². The second kappa shape index (κ2) is 8.12. The predicted octanol–water partition coefficient (Wildman–Crippen LogP) is 3.57. The van der Waals surface area contributed by atoms with Gasteiger partial charge in [0.05, 0.1) is 22.0 Å². The van der Waals surface area contributed by atoms with E-state index in [4.69, 9.17) is 11.6 Å². The van der Waals surface area contributed by atoms with Crippen LogP contribution in [0.3, 0.4) is 0 Å². The lowest BCUT2D eigenvalue weighted by atomic mass is 10.1. The summed E-state index contributed by atoms with van der Waals surface area (Å²) in [5.41, 5.74) is 0.738. The van der Waals surface area contributed by atoms with Crippen LogP contribution in [0.2, 0.25) is 5.02 Å². The summed E-state index contributed by atoms with van der Waals surface area (Å²) in [6.07, 6.45) is 2.26. The van der Waals surface area contributed by atoms with Crippen molar-refractivity contribution in [1.29, 1.82) is 0 Å². The fourth-order valence-corrected chi connectivity index (χ4v) is 5.66. The van der Waals surface area contributed by atoms with E-state index in [1.807, 2.05) is 0 Å². The van der Waals surface area contributed by atoms with Gasteiger partial charge in [0.2, 0.25) is 15.2 Å². The molecular formula is C17H21ClN4O3S2. The quantitative estimate of drug-likeness (QED) is 0.785. The summed E-state index contributed by atoms with van der Waals surface area (Å²) >= 11 is 7.59. The molecule has 2 aromatic rings. The smallest absolute Gasteiger partial charge is 0.259 e. The van der Waals surface area contributed by atoms with E-state index in [1.54, 1.807) is 6.07 Å². The molecule has 1 aromatic carbocycles. The van der Waals surface area contributed by atoms with Crippen LogP contribution >= 0.6 is 22.9 Å². The molecule has 0 unspecified atom stereocenters. The van der Waals surface area contributed by atoms with Crippen molar-refractivity contribution in [2.24, 2.45) is 5.92 Å². The number of amides is 1. The number of carbonyl (C=O) groups excluding carboxylic acids is 1. The first kappa shape index (κ1) is 20.0. The minimum Gasteiger partial charge on any atom is -0.296 e. The van der Waals surface area contributed by atoms with Gasteiger partial charge in [0.1, 0.15) is 5.01 Å². The molecule has 27 heavy (non-hydrogen) atoms. The van der Waals surface area contributed by atoms with Gasteiger partial charge in [-0.2, -0.15) is 0 Å². The second-order valence-corrected chi connectivity index (χ2v) is 10.3. The standard InChI is InChI=1S/C17H21ClN4O3S2/c1-11(2)9-15-20-21-17(26-15)19-16(23)13-6-5-12(10-14(13)18)22-7-3-4-8-27(22,24)25/h5-6,10-11H,3-4,7-9H2,1-2H3,(H,19,21,23). The molecule has 146 valence electrons. The molecule has 0 spiro atoms. The lowest BCUT2D eigenvalue weighted by molar-refractivity contribution is 0.102. The number of rotatable bonds is 5. The molecule has 2 heterocycles. The molecule has 3 rings (SSSR count). The van der Waals surface area contributed by atoms with Gasteiger partial charge >= 0.3 is 0 Å². The molecule has 1 N–H and O–H groups in total. The number of sulfonamides is 1. The third-order valence-corrected chi connectivity index (χ3v) is 7.15. The van der Waals surface area contributed by atoms with Crippen LogP contribution < -0.4 is 9.62 Å². The molecule has 0 saturated carbocycles. The largest absolute Gasteiger partial charge is 0.296 e. The first-order chi connectivity index (χ1) is 12.8. The molecule has 1 amide bonds. The van der Waals surface area contributed by atoms with Crippen LogP contribution in [0, 0.1) is 5.92 Å². The summed E-state index contributed by atoms with van der Waals surface area (Å²) in [7, 11) is -3.32. The van der Waals surface area contributed by atoms with Crippen molar-refractivity contribution < 1.29 is 13.2 Å². The van der Waals surface area contributed by atoms with Crippen LogP contribution in [0.15, 0.2) is 18.2 Å². The predicted molar refractivity (Wildman–Crippen MR) is 108 cm³/mol. The molecular weight excluding hydrogens is 408 g/mol. The lowest BCUT2D eigenvalue weighted by Crippen LogP contribution is -2.37. The number of carbonyl (C=O) groups is 1. The molecule has 1 aliphatic rings. The Balaban J connectivity index is 1.75. The zero-order valence-corrected chi connectivity index (χ0v) is 17.5. The Bertz CT molecular complexity index is 943. The van der Waals surface area contributed by atoms with Crippen LogP contribution in [0.4, 0.5) is 10.8 Å². The van der Waals surface area contributed by atoms with Gasteiger partial charge in [-0.15, -0.1) is 10.2 Å². The van der Waals surface area contributed by atoms with E-state index in [-0.39, 0.29) is 16.3 Å². The summed E-state index contributed by atoms with van der Waals surface area (Å²) < 4.78 is 25.8. The first-order valence-electron chi connectivity index (χ1n) is 8.70. The number of benzene rings is 1. The van der Waals surface area contributed by atoms with Crippen molar-refractivity contribution in [3.05, 3.63) is 33.8 Å². The number of aromatic nitrogens is 2. The average molecular weight is 429 g/mol. The molecule has 0 radical (unpaired) electrons. The van der Waals surface area contributed by atoms with Crippen molar-refractivity contribution in [3.63, 3.8) is 0 Å². The van der Waals surface area contributed by atoms with Crippen molar-refractivity contribution in [1.82, 2.24) is 10.2 Å². The Labute approximate surface area is 167 Å². The normalized spacial score (nSPS) is 16.5. The molecule has 10 heteroatoms. The fourth-order valence-electron chi connectivity index (χ4n) is 2.82.